The molecule has 0 saturated heterocycles. The summed E-state index contributed by atoms with van der Waals surface area (Å²) in [5.41, 5.74) is 0.318. The van der Waals surface area contributed by atoms with Gasteiger partial charge < -0.3 is 4.74 Å². The first kappa shape index (κ1) is 25.1. The number of thiophene rings is 1. The van der Waals surface area contributed by atoms with E-state index in [1.54, 1.807) is 24.3 Å². The minimum Gasteiger partial charge on any atom is -0.465 e. The smallest absolute Gasteiger partial charge is 0.339 e. The first-order chi connectivity index (χ1) is 18.2. The van der Waals surface area contributed by atoms with Crippen molar-refractivity contribution in [1.29, 1.82) is 0 Å². The Bertz CT molecular complexity index is 1650. The van der Waals surface area contributed by atoms with Crippen LogP contribution in [0.5, 0.6) is 0 Å². The molecule has 0 spiro atoms. The van der Waals surface area contributed by atoms with E-state index < -0.39 is 35.3 Å². The molecule has 3 aromatic carbocycles. The van der Waals surface area contributed by atoms with Crippen LogP contribution < -0.4 is 4.90 Å². The van der Waals surface area contributed by atoms with Gasteiger partial charge in [-0.25, -0.2) is 4.79 Å². The maximum absolute atomic E-state index is 14.0. The first-order valence-corrected chi connectivity index (χ1v) is 12.2. The van der Waals surface area contributed by atoms with E-state index >= 15 is 0 Å². The number of ether oxygens (including phenoxy) is 1. The molecule has 0 saturated carbocycles. The lowest BCUT2D eigenvalue weighted by molar-refractivity contribution is -0.384. The van der Waals surface area contributed by atoms with Gasteiger partial charge in [0.2, 0.25) is 0 Å². The van der Waals surface area contributed by atoms with Crippen molar-refractivity contribution in [2.75, 3.05) is 18.7 Å². The van der Waals surface area contributed by atoms with Gasteiger partial charge in [0.05, 0.1) is 39.4 Å². The highest BCUT2D eigenvalue weighted by Gasteiger charge is 2.38. The summed E-state index contributed by atoms with van der Waals surface area (Å²) in [6, 6.07) is 16.4. The largest absolute Gasteiger partial charge is 0.465 e. The Morgan fingerprint density at radius 1 is 1.03 bits per heavy atom. The van der Waals surface area contributed by atoms with E-state index in [0.29, 0.717) is 10.1 Å². The third kappa shape index (κ3) is 4.07. The number of nitrogens with zero attached hydrogens (tertiary/aromatic N) is 3. The molecule has 1 aliphatic rings. The van der Waals surface area contributed by atoms with Gasteiger partial charge >= 0.3 is 5.97 Å². The maximum atomic E-state index is 14.0. The zero-order valence-corrected chi connectivity index (χ0v) is 21.1. The third-order valence-corrected chi connectivity index (χ3v) is 7.67. The Morgan fingerprint density at radius 3 is 2.29 bits per heavy atom. The molecule has 0 N–H and O–H groups in total. The number of esters is 1. The number of anilines is 1. The van der Waals surface area contributed by atoms with Crippen LogP contribution >= 0.6 is 22.9 Å². The van der Waals surface area contributed by atoms with E-state index in [2.05, 4.69) is 0 Å². The van der Waals surface area contributed by atoms with E-state index in [0.717, 1.165) is 21.1 Å². The van der Waals surface area contributed by atoms with Gasteiger partial charge in [-0.2, -0.15) is 0 Å². The summed E-state index contributed by atoms with van der Waals surface area (Å²) in [5.74, 6) is -2.65. The zero-order chi connectivity index (χ0) is 27.1. The summed E-state index contributed by atoms with van der Waals surface area (Å²) < 4.78 is 5.27. The molecule has 0 radical (unpaired) electrons. The first-order valence-electron chi connectivity index (χ1n) is 11.0. The molecule has 38 heavy (non-hydrogen) atoms. The Hall–Kier alpha value is -4.61. The molecule has 5 rings (SSSR count). The lowest BCUT2D eigenvalue weighted by atomic mass is 10.1. The van der Waals surface area contributed by atoms with Crippen LogP contribution in [-0.2, 0) is 4.74 Å². The van der Waals surface area contributed by atoms with Crippen LogP contribution in [0.25, 0.3) is 10.1 Å². The van der Waals surface area contributed by atoms with Crippen LogP contribution in [0.15, 0.2) is 66.7 Å². The molecule has 4 aromatic rings. The molecule has 190 valence electrons. The van der Waals surface area contributed by atoms with Crippen molar-refractivity contribution >= 4 is 68.1 Å². The predicted molar refractivity (Wildman–Crippen MR) is 140 cm³/mol. The summed E-state index contributed by atoms with van der Waals surface area (Å²) in [7, 11) is 1.19. The highest BCUT2D eigenvalue weighted by Crippen LogP contribution is 2.39. The number of para-hydroxylation sites is 1. The summed E-state index contributed by atoms with van der Waals surface area (Å²) >= 11 is 7.47. The normalized spacial score (nSPS) is 12.5. The zero-order valence-electron chi connectivity index (χ0n) is 19.5. The van der Waals surface area contributed by atoms with E-state index in [1.165, 1.54) is 49.6 Å². The molecule has 0 aliphatic carbocycles. The minimum atomic E-state index is -0.737. The fraction of sp³-hybridized carbons (Fsp3) is 0.0769. The molecule has 12 heteroatoms. The number of halogens is 1. The SMILES string of the molecule is COC(=O)c1ccccc1N(CN1C(=O)c2ccccc2C1=O)C(=O)c1sc2cc([N+](=O)[O-])ccc2c1Cl. The maximum Gasteiger partial charge on any atom is 0.339 e. The molecule has 10 nitrogen and oxygen atoms in total. The number of hydrogen-bond donors (Lipinski definition) is 0. The average Bonchev–Trinajstić information content (AvgIpc) is 3.39. The van der Waals surface area contributed by atoms with Crippen molar-refractivity contribution in [2.45, 2.75) is 0 Å². The number of amides is 3. The molecule has 0 bridgehead atoms. The summed E-state index contributed by atoms with van der Waals surface area (Å²) in [5, 5.41) is 11.7. The van der Waals surface area contributed by atoms with E-state index in [1.807, 2.05) is 0 Å². The van der Waals surface area contributed by atoms with Gasteiger partial charge in [-0.3, -0.25) is 34.3 Å². The van der Waals surface area contributed by atoms with Crippen molar-refractivity contribution in [3.05, 3.63) is 103 Å². The number of hydrogen-bond acceptors (Lipinski definition) is 8. The molecule has 1 aromatic heterocycles. The number of rotatable bonds is 6. The average molecular weight is 550 g/mol. The Labute approximate surface area is 223 Å². The number of fused-ring (bicyclic) bond motifs is 2. The van der Waals surface area contributed by atoms with Crippen molar-refractivity contribution in [3.63, 3.8) is 0 Å². The number of nitro benzene ring substituents is 1. The lowest BCUT2D eigenvalue weighted by Gasteiger charge is -2.28. The summed E-state index contributed by atoms with van der Waals surface area (Å²) in [6.45, 7) is -0.524. The fourth-order valence-electron chi connectivity index (χ4n) is 4.18. The molecule has 0 fully saturated rings. The topological polar surface area (TPSA) is 127 Å². The second-order valence-corrected chi connectivity index (χ2v) is 9.58. The molecule has 0 unspecified atom stereocenters. The van der Waals surface area contributed by atoms with E-state index in [9.17, 15) is 29.3 Å². The predicted octanol–water partition coefficient (Wildman–Crippen LogP) is 5.15. The van der Waals surface area contributed by atoms with Gasteiger partial charge in [0.1, 0.15) is 11.5 Å². The fourth-order valence-corrected chi connectivity index (χ4v) is 5.67. The molecular formula is C26H16ClN3O7S. The summed E-state index contributed by atoms with van der Waals surface area (Å²) in [4.78, 5) is 65.5. The highest BCUT2D eigenvalue weighted by molar-refractivity contribution is 7.21. The number of benzene rings is 3. The quantitative estimate of drug-likeness (QED) is 0.141. The van der Waals surface area contributed by atoms with Crippen LogP contribution in [0, 0.1) is 10.1 Å². The van der Waals surface area contributed by atoms with Gasteiger partial charge in [-0.05, 0) is 30.3 Å². The summed E-state index contributed by atoms with van der Waals surface area (Å²) in [6.07, 6.45) is 0. The second kappa shape index (κ2) is 9.69. The van der Waals surface area contributed by atoms with Gasteiger partial charge in [0.15, 0.2) is 0 Å². The number of imide groups is 1. The van der Waals surface area contributed by atoms with Crippen LogP contribution in [0.1, 0.15) is 40.7 Å². The molecule has 3 amide bonds. The number of carbonyl (C=O) groups is 4. The minimum absolute atomic E-state index is 0.0124. The third-order valence-electron chi connectivity index (χ3n) is 6.02. The number of methoxy groups -OCH3 is 1. The molecule has 0 atom stereocenters. The Morgan fingerprint density at radius 2 is 1.66 bits per heavy atom. The van der Waals surface area contributed by atoms with Crippen molar-refractivity contribution < 1.29 is 28.8 Å². The van der Waals surface area contributed by atoms with E-state index in [-0.39, 0.29) is 38.0 Å². The van der Waals surface area contributed by atoms with Crippen LogP contribution in [0.2, 0.25) is 5.02 Å². The number of carbonyl (C=O) groups excluding carboxylic acids is 4. The van der Waals surface area contributed by atoms with Gasteiger partial charge in [0.25, 0.3) is 23.4 Å². The number of nitro groups is 1. The molecular weight excluding hydrogens is 534 g/mol. The van der Waals surface area contributed by atoms with Gasteiger partial charge in [-0.15, -0.1) is 11.3 Å². The monoisotopic (exact) mass is 549 g/mol. The molecule has 2 heterocycles. The Balaban J connectivity index is 1.63. The standard InChI is InChI=1S/C26H16ClN3O7S/c1-37-26(34)17-8-4-5-9-19(17)28(13-29-23(31)15-6-2-3-7-16(15)24(29)32)25(33)22-21(27)18-11-10-14(30(35)36)12-20(18)38-22/h2-12H,13H2,1H3. The van der Waals surface area contributed by atoms with Gasteiger partial charge in [-0.1, -0.05) is 35.9 Å². The lowest BCUT2D eigenvalue weighted by Crippen LogP contribution is -2.44. The highest BCUT2D eigenvalue weighted by atomic mass is 35.5. The number of non-ortho nitro benzene ring substituents is 1. The Kier molecular flexibility index (Phi) is 6.39. The van der Waals surface area contributed by atoms with E-state index in [4.69, 9.17) is 16.3 Å². The second-order valence-electron chi connectivity index (χ2n) is 8.15. The van der Waals surface area contributed by atoms with Crippen LogP contribution in [-0.4, -0.2) is 47.3 Å². The van der Waals surface area contributed by atoms with Crippen molar-refractivity contribution in [3.8, 4) is 0 Å². The van der Waals surface area contributed by atoms with Crippen molar-refractivity contribution in [2.24, 2.45) is 0 Å². The van der Waals surface area contributed by atoms with Crippen LogP contribution in [0.3, 0.4) is 0 Å². The van der Waals surface area contributed by atoms with Crippen LogP contribution in [0.4, 0.5) is 11.4 Å². The van der Waals surface area contributed by atoms with Crippen molar-refractivity contribution in [1.82, 2.24) is 4.90 Å². The van der Waals surface area contributed by atoms with Gasteiger partial charge in [0, 0.05) is 22.2 Å². The molecule has 1 aliphatic heterocycles.